The highest BCUT2D eigenvalue weighted by Gasteiger charge is 2.27. The van der Waals surface area contributed by atoms with Gasteiger partial charge in [0.2, 0.25) is 0 Å². The van der Waals surface area contributed by atoms with Gasteiger partial charge in [0, 0.05) is 0 Å². The normalized spacial score (nSPS) is 12.1. The molecule has 0 amide bonds. The third-order valence-electron chi connectivity index (χ3n) is 12.9. The molecule has 58 heavy (non-hydrogen) atoms. The molecule has 0 nitrogen and oxygen atoms in total. The van der Waals surface area contributed by atoms with Gasteiger partial charge in [-0.3, -0.25) is 0 Å². The van der Waals surface area contributed by atoms with Gasteiger partial charge in [-0.2, -0.15) is 0 Å². The second-order valence-electron chi connectivity index (χ2n) is 15.8. The number of fused-ring (bicyclic) bond motifs is 9. The lowest BCUT2D eigenvalue weighted by Gasteiger charge is -2.19. The third kappa shape index (κ3) is 4.24. The Morgan fingerprint density at radius 3 is 1.36 bits per heavy atom. The largest absolute Gasteiger partial charge is 0.0622 e. The van der Waals surface area contributed by atoms with Crippen molar-refractivity contribution < 1.29 is 0 Å². The summed E-state index contributed by atoms with van der Waals surface area (Å²) >= 11 is 0. The average Bonchev–Trinajstić information content (AvgIpc) is 3.80. The molecule has 0 saturated carbocycles. The van der Waals surface area contributed by atoms with Crippen LogP contribution in [0.15, 0.2) is 206 Å². The van der Waals surface area contributed by atoms with Crippen LogP contribution in [0, 0.1) is 0 Å². The molecular formula is C58H34. The van der Waals surface area contributed by atoms with Crippen molar-refractivity contribution in [1.82, 2.24) is 0 Å². The van der Waals surface area contributed by atoms with E-state index >= 15 is 0 Å². The molecule has 13 rings (SSSR count). The van der Waals surface area contributed by atoms with Gasteiger partial charge in [-0.25, -0.2) is 0 Å². The van der Waals surface area contributed by atoms with Crippen molar-refractivity contribution in [3.05, 3.63) is 206 Å². The summed E-state index contributed by atoms with van der Waals surface area (Å²) in [6.07, 6.45) is 0. The lowest BCUT2D eigenvalue weighted by molar-refractivity contribution is 1.63. The first kappa shape index (κ1) is 31.6. The van der Waals surface area contributed by atoms with Crippen LogP contribution in [-0.4, -0.2) is 0 Å². The van der Waals surface area contributed by atoms with Gasteiger partial charge >= 0.3 is 0 Å². The topological polar surface area (TPSA) is 0 Å². The highest BCUT2D eigenvalue weighted by Crippen LogP contribution is 2.55. The summed E-state index contributed by atoms with van der Waals surface area (Å²) in [4.78, 5) is 0. The summed E-state index contributed by atoms with van der Waals surface area (Å²) in [7, 11) is 0. The molecule has 266 valence electrons. The lowest BCUT2D eigenvalue weighted by atomic mass is 9.84. The van der Waals surface area contributed by atoms with Crippen LogP contribution in [0.1, 0.15) is 0 Å². The van der Waals surface area contributed by atoms with E-state index in [-0.39, 0.29) is 0 Å². The highest BCUT2D eigenvalue weighted by atomic mass is 14.3. The lowest BCUT2D eigenvalue weighted by Crippen LogP contribution is -1.91. The first-order valence-corrected chi connectivity index (χ1v) is 20.3. The van der Waals surface area contributed by atoms with Crippen LogP contribution in [-0.2, 0) is 0 Å². The maximum atomic E-state index is 2.53. The molecular weight excluding hydrogens is 697 g/mol. The molecule has 0 aliphatic heterocycles. The van der Waals surface area contributed by atoms with Gasteiger partial charge in [0.1, 0.15) is 0 Å². The Morgan fingerprint density at radius 1 is 0.190 bits per heavy atom. The van der Waals surface area contributed by atoms with Gasteiger partial charge in [0.15, 0.2) is 0 Å². The van der Waals surface area contributed by atoms with Crippen molar-refractivity contribution >= 4 is 86.2 Å². The Kier molecular flexibility index (Phi) is 6.54. The quantitative estimate of drug-likeness (QED) is 0.158. The second-order valence-corrected chi connectivity index (χ2v) is 15.8. The molecule has 0 heteroatoms. The molecule has 13 aromatic carbocycles. The van der Waals surface area contributed by atoms with Crippen molar-refractivity contribution in [2.24, 2.45) is 0 Å². The zero-order chi connectivity index (χ0) is 37.9. The Bertz CT molecular complexity index is 3750. The van der Waals surface area contributed by atoms with Crippen molar-refractivity contribution in [2.45, 2.75) is 0 Å². The number of rotatable bonds is 4. The first-order chi connectivity index (χ1) is 28.8. The molecule has 0 spiro atoms. The van der Waals surface area contributed by atoms with E-state index in [1.165, 1.54) is 131 Å². The SMILES string of the molecule is c1ccc(-c2c(-c3ccc4c5c(-c6ccccc6)c6cc7c8ccccc8c8cccc(c6c(-c6ccccc6)c5c5cccc3c45)c87)ccc3ccccc23)cc1. The van der Waals surface area contributed by atoms with E-state index in [1.54, 1.807) is 0 Å². The van der Waals surface area contributed by atoms with Crippen molar-refractivity contribution in [2.75, 3.05) is 0 Å². The Balaban J connectivity index is 1.27. The molecule has 0 aliphatic rings. The van der Waals surface area contributed by atoms with E-state index in [0.717, 1.165) is 0 Å². The highest BCUT2D eigenvalue weighted by molar-refractivity contribution is 6.45. The van der Waals surface area contributed by atoms with Crippen LogP contribution >= 0.6 is 0 Å². The minimum Gasteiger partial charge on any atom is -0.0622 e. The fraction of sp³-hybridized carbons (Fsp3) is 0. The zero-order valence-corrected chi connectivity index (χ0v) is 31.6. The van der Waals surface area contributed by atoms with Crippen molar-refractivity contribution in [1.29, 1.82) is 0 Å². The Morgan fingerprint density at radius 2 is 0.655 bits per heavy atom. The van der Waals surface area contributed by atoms with Crippen LogP contribution in [0.3, 0.4) is 0 Å². The molecule has 0 unspecified atom stereocenters. The molecule has 0 atom stereocenters. The van der Waals surface area contributed by atoms with Gasteiger partial charge in [0.05, 0.1) is 0 Å². The number of hydrogen-bond acceptors (Lipinski definition) is 0. The van der Waals surface area contributed by atoms with Gasteiger partial charge in [-0.05, 0) is 137 Å². The monoisotopic (exact) mass is 730 g/mol. The maximum Gasteiger partial charge on any atom is -0.000719 e. The average molecular weight is 731 g/mol. The minimum atomic E-state index is 1.23. The zero-order valence-electron chi connectivity index (χ0n) is 31.6. The molecule has 0 radical (unpaired) electrons. The van der Waals surface area contributed by atoms with Gasteiger partial charge in [0.25, 0.3) is 0 Å². The van der Waals surface area contributed by atoms with Gasteiger partial charge < -0.3 is 0 Å². The second kappa shape index (κ2) is 12.0. The van der Waals surface area contributed by atoms with Crippen molar-refractivity contribution in [3.63, 3.8) is 0 Å². The summed E-state index contributed by atoms with van der Waals surface area (Å²) in [6.45, 7) is 0. The Hall–Kier alpha value is -7.54. The summed E-state index contributed by atoms with van der Waals surface area (Å²) in [5.41, 5.74) is 10.1. The summed E-state index contributed by atoms with van der Waals surface area (Å²) in [5.74, 6) is 0. The van der Waals surface area contributed by atoms with E-state index in [0.29, 0.717) is 0 Å². The van der Waals surface area contributed by atoms with E-state index in [4.69, 9.17) is 0 Å². The van der Waals surface area contributed by atoms with Crippen LogP contribution in [0.2, 0.25) is 0 Å². The van der Waals surface area contributed by atoms with E-state index in [2.05, 4.69) is 206 Å². The van der Waals surface area contributed by atoms with Gasteiger partial charge in [-0.1, -0.05) is 200 Å². The molecule has 0 aliphatic carbocycles. The molecule has 0 saturated heterocycles. The first-order valence-electron chi connectivity index (χ1n) is 20.3. The summed E-state index contributed by atoms with van der Waals surface area (Å²) in [5, 5.41) is 21.0. The van der Waals surface area contributed by atoms with E-state index < -0.39 is 0 Å². The van der Waals surface area contributed by atoms with Crippen LogP contribution in [0.4, 0.5) is 0 Å². The molecule has 0 fully saturated rings. The molecule has 0 aromatic heterocycles. The van der Waals surface area contributed by atoms with E-state index in [9.17, 15) is 0 Å². The maximum absolute atomic E-state index is 2.53. The predicted molar refractivity (Wildman–Crippen MR) is 251 cm³/mol. The number of benzene rings is 11. The predicted octanol–water partition coefficient (Wildman–Crippen LogP) is 16.5. The number of hydrogen-bond donors (Lipinski definition) is 0. The van der Waals surface area contributed by atoms with E-state index in [1.807, 2.05) is 0 Å². The summed E-state index contributed by atoms with van der Waals surface area (Å²) < 4.78 is 0. The van der Waals surface area contributed by atoms with Crippen LogP contribution < -0.4 is 0 Å². The van der Waals surface area contributed by atoms with Gasteiger partial charge in [-0.15, -0.1) is 0 Å². The fourth-order valence-corrected chi connectivity index (χ4v) is 10.7. The molecule has 13 aromatic rings. The Labute approximate surface area is 335 Å². The third-order valence-corrected chi connectivity index (χ3v) is 12.9. The standard InChI is InChI=1S/C58H34/c1-4-17-36(18-5-1)51-39-23-11-10-16-35(39)30-31-45(51)42-32-33-48-54-44(42)27-15-29-47(54)58-53(38-21-8-3-9-22-38)56-46-28-14-26-43-40-24-12-13-25-41(40)49(55(43)46)34-50(56)52(57(48)58)37-19-6-2-7-20-37/h1-34H. The summed E-state index contributed by atoms with van der Waals surface area (Å²) in [6, 6.07) is 76.9. The van der Waals surface area contributed by atoms with Crippen LogP contribution in [0.5, 0.6) is 0 Å². The molecule has 0 N–H and O–H groups in total. The van der Waals surface area contributed by atoms with Crippen molar-refractivity contribution in [3.8, 4) is 44.5 Å². The fourth-order valence-electron chi connectivity index (χ4n) is 10.7. The smallest absolute Gasteiger partial charge is 0.000719 e. The molecule has 0 bridgehead atoms. The minimum absolute atomic E-state index is 1.23. The van der Waals surface area contributed by atoms with Crippen LogP contribution in [0.25, 0.3) is 131 Å². The molecule has 0 heterocycles.